The highest BCUT2D eigenvalue weighted by molar-refractivity contribution is 7.10. The van der Waals surface area contributed by atoms with E-state index in [1.807, 2.05) is 31.4 Å². The minimum atomic E-state index is -0.680. The number of aliphatic hydroxyl groups is 1. The molecule has 1 aromatic heterocycles. The van der Waals surface area contributed by atoms with E-state index in [1.54, 1.807) is 25.3 Å². The number of Topliss-reactive ketones (excluding diaryl/α,β-unsaturated/α-hetero) is 1. The third kappa shape index (κ3) is 4.21. The molecule has 0 aliphatic carbocycles. The number of hydrogen-bond donors (Lipinski definition) is 1. The highest BCUT2D eigenvalue weighted by Crippen LogP contribution is 2.41. The lowest BCUT2D eigenvalue weighted by Crippen LogP contribution is -2.32. The maximum atomic E-state index is 12.8. The van der Waals surface area contributed by atoms with E-state index in [9.17, 15) is 14.7 Å². The molecule has 0 saturated carbocycles. The van der Waals surface area contributed by atoms with Gasteiger partial charge in [0.2, 0.25) is 0 Å². The van der Waals surface area contributed by atoms with Crippen molar-refractivity contribution in [3.05, 3.63) is 57.3 Å². The number of carbonyl (C=O) groups is 2. The maximum absolute atomic E-state index is 12.8. The summed E-state index contributed by atoms with van der Waals surface area (Å²) in [7, 11) is 1.54. The van der Waals surface area contributed by atoms with Crippen molar-refractivity contribution in [1.29, 1.82) is 0 Å². The summed E-state index contributed by atoms with van der Waals surface area (Å²) in [6, 6.07) is 8.36. The Bertz CT molecular complexity index is 919. The van der Waals surface area contributed by atoms with E-state index >= 15 is 0 Å². The van der Waals surface area contributed by atoms with Crippen LogP contribution >= 0.6 is 11.3 Å². The second kappa shape index (κ2) is 9.24. The summed E-state index contributed by atoms with van der Waals surface area (Å²) in [6.07, 6.45) is 0.896. The molecule has 1 aromatic carbocycles. The van der Waals surface area contributed by atoms with E-state index in [1.165, 1.54) is 16.2 Å². The fourth-order valence-electron chi connectivity index (χ4n) is 3.37. The minimum absolute atomic E-state index is 0.107. The Morgan fingerprint density at radius 2 is 2.03 bits per heavy atom. The molecule has 1 N–H and O–H groups in total. The number of aliphatic hydroxyl groups excluding tert-OH is 1. The van der Waals surface area contributed by atoms with Gasteiger partial charge in [0.15, 0.2) is 0 Å². The SMILES string of the molecule is CCCOc1ccc(/C(O)=C2/C(=O)C(=O)N(CCOC)C2c2cccs2)cc1C. The van der Waals surface area contributed by atoms with Crippen LogP contribution in [0.15, 0.2) is 41.3 Å². The fraction of sp³-hybridized carbons (Fsp3) is 0.364. The van der Waals surface area contributed by atoms with Gasteiger partial charge in [0.1, 0.15) is 11.5 Å². The van der Waals surface area contributed by atoms with Crippen LogP contribution in [0, 0.1) is 6.92 Å². The van der Waals surface area contributed by atoms with Gasteiger partial charge in [-0.1, -0.05) is 13.0 Å². The molecule has 1 saturated heterocycles. The van der Waals surface area contributed by atoms with Crippen molar-refractivity contribution in [3.63, 3.8) is 0 Å². The molecular formula is C22H25NO5S. The molecule has 1 unspecified atom stereocenters. The van der Waals surface area contributed by atoms with Crippen LogP contribution in [0.1, 0.15) is 35.4 Å². The van der Waals surface area contributed by atoms with Gasteiger partial charge < -0.3 is 19.5 Å². The standard InChI is InChI=1S/C22H25NO5S/c1-4-10-28-16-8-7-15(13-14(16)2)20(24)18-19(17-6-5-12-29-17)23(9-11-27-3)22(26)21(18)25/h5-8,12-13,19,24H,4,9-11H2,1-3H3/b20-18-. The average Bonchev–Trinajstić information content (AvgIpc) is 3.32. The molecule has 1 atom stereocenters. The van der Waals surface area contributed by atoms with E-state index in [0.29, 0.717) is 18.8 Å². The maximum Gasteiger partial charge on any atom is 0.295 e. The predicted molar refractivity (Wildman–Crippen MR) is 112 cm³/mol. The van der Waals surface area contributed by atoms with E-state index in [-0.39, 0.29) is 17.9 Å². The molecule has 29 heavy (non-hydrogen) atoms. The lowest BCUT2D eigenvalue weighted by molar-refractivity contribution is -0.140. The summed E-state index contributed by atoms with van der Waals surface area (Å²) >= 11 is 1.44. The van der Waals surface area contributed by atoms with Gasteiger partial charge in [-0.25, -0.2) is 0 Å². The van der Waals surface area contributed by atoms with Gasteiger partial charge in [0, 0.05) is 24.1 Å². The Balaban J connectivity index is 2.05. The Morgan fingerprint density at radius 3 is 2.66 bits per heavy atom. The molecule has 1 aliphatic heterocycles. The van der Waals surface area contributed by atoms with Crippen molar-refractivity contribution >= 4 is 28.8 Å². The lowest BCUT2D eigenvalue weighted by Gasteiger charge is -2.23. The van der Waals surface area contributed by atoms with Crippen molar-refractivity contribution in [2.45, 2.75) is 26.3 Å². The normalized spacial score (nSPS) is 18.4. The lowest BCUT2D eigenvalue weighted by atomic mass is 9.99. The van der Waals surface area contributed by atoms with Gasteiger partial charge in [-0.05, 0) is 48.6 Å². The summed E-state index contributed by atoms with van der Waals surface area (Å²) in [4.78, 5) is 27.8. The van der Waals surface area contributed by atoms with Gasteiger partial charge >= 0.3 is 0 Å². The quantitative estimate of drug-likeness (QED) is 0.402. The predicted octanol–water partition coefficient (Wildman–Crippen LogP) is 3.91. The molecule has 2 heterocycles. The first-order valence-electron chi connectivity index (χ1n) is 9.54. The van der Waals surface area contributed by atoms with Crippen LogP contribution in [0.5, 0.6) is 5.75 Å². The fourth-order valence-corrected chi connectivity index (χ4v) is 4.21. The molecule has 0 bridgehead atoms. The molecule has 6 nitrogen and oxygen atoms in total. The highest BCUT2D eigenvalue weighted by atomic mass is 32.1. The molecule has 1 fully saturated rings. The zero-order chi connectivity index (χ0) is 21.0. The number of amides is 1. The number of rotatable bonds is 8. The number of likely N-dealkylation sites (tertiary alicyclic amines) is 1. The first-order valence-corrected chi connectivity index (χ1v) is 10.4. The molecule has 0 spiro atoms. The van der Waals surface area contributed by atoms with Crippen LogP contribution in [-0.2, 0) is 14.3 Å². The number of nitrogens with zero attached hydrogens (tertiary/aromatic N) is 1. The number of benzene rings is 1. The number of thiophene rings is 1. The van der Waals surface area contributed by atoms with E-state index in [2.05, 4.69) is 0 Å². The van der Waals surface area contributed by atoms with Crippen molar-refractivity contribution in [3.8, 4) is 5.75 Å². The van der Waals surface area contributed by atoms with Gasteiger partial charge in [-0.2, -0.15) is 0 Å². The molecular weight excluding hydrogens is 390 g/mol. The number of ether oxygens (including phenoxy) is 2. The number of carbonyl (C=O) groups excluding carboxylic acids is 2. The van der Waals surface area contributed by atoms with Crippen LogP contribution in [-0.4, -0.2) is 48.6 Å². The monoisotopic (exact) mass is 415 g/mol. The summed E-state index contributed by atoms with van der Waals surface area (Å²) in [5.74, 6) is -0.742. The minimum Gasteiger partial charge on any atom is -0.507 e. The Hall–Kier alpha value is -2.64. The van der Waals surface area contributed by atoms with Crippen molar-refractivity contribution < 1.29 is 24.2 Å². The summed E-state index contributed by atoms with van der Waals surface area (Å²) in [6.45, 7) is 5.09. The van der Waals surface area contributed by atoms with Crippen LogP contribution in [0.3, 0.4) is 0 Å². The molecule has 154 valence electrons. The van der Waals surface area contributed by atoms with Crippen LogP contribution in [0.25, 0.3) is 5.76 Å². The molecule has 1 amide bonds. The molecule has 3 rings (SSSR count). The van der Waals surface area contributed by atoms with Crippen molar-refractivity contribution in [2.24, 2.45) is 0 Å². The Labute approximate surface area is 174 Å². The average molecular weight is 416 g/mol. The number of methoxy groups -OCH3 is 1. The number of hydrogen-bond acceptors (Lipinski definition) is 6. The van der Waals surface area contributed by atoms with Gasteiger partial charge in [0.05, 0.1) is 24.8 Å². The topological polar surface area (TPSA) is 76.1 Å². The molecule has 7 heteroatoms. The van der Waals surface area contributed by atoms with E-state index in [0.717, 1.165) is 22.6 Å². The van der Waals surface area contributed by atoms with Gasteiger partial charge in [-0.3, -0.25) is 9.59 Å². The van der Waals surface area contributed by atoms with Crippen molar-refractivity contribution in [2.75, 3.05) is 26.9 Å². The summed E-state index contributed by atoms with van der Waals surface area (Å²) < 4.78 is 10.8. The Kier molecular flexibility index (Phi) is 6.71. The van der Waals surface area contributed by atoms with Gasteiger partial charge in [-0.15, -0.1) is 11.3 Å². The first-order chi connectivity index (χ1) is 14.0. The second-order valence-corrected chi connectivity index (χ2v) is 7.81. The molecule has 0 radical (unpaired) electrons. The van der Waals surface area contributed by atoms with Crippen LogP contribution in [0.2, 0.25) is 0 Å². The smallest absolute Gasteiger partial charge is 0.295 e. The second-order valence-electron chi connectivity index (χ2n) is 6.83. The zero-order valence-corrected chi connectivity index (χ0v) is 17.6. The largest absolute Gasteiger partial charge is 0.507 e. The van der Waals surface area contributed by atoms with E-state index < -0.39 is 17.7 Å². The third-order valence-corrected chi connectivity index (χ3v) is 5.72. The third-order valence-electron chi connectivity index (χ3n) is 4.80. The highest BCUT2D eigenvalue weighted by Gasteiger charge is 2.46. The van der Waals surface area contributed by atoms with Crippen molar-refractivity contribution in [1.82, 2.24) is 4.90 Å². The first kappa shape index (κ1) is 21.1. The summed E-state index contributed by atoms with van der Waals surface area (Å²) in [5.41, 5.74) is 1.44. The number of aryl methyl sites for hydroxylation is 1. The number of ketones is 1. The van der Waals surface area contributed by atoms with Gasteiger partial charge in [0.25, 0.3) is 11.7 Å². The molecule has 2 aromatic rings. The van der Waals surface area contributed by atoms with E-state index in [4.69, 9.17) is 9.47 Å². The van der Waals surface area contributed by atoms with Crippen LogP contribution < -0.4 is 4.74 Å². The van der Waals surface area contributed by atoms with Crippen LogP contribution in [0.4, 0.5) is 0 Å². The Morgan fingerprint density at radius 1 is 1.24 bits per heavy atom. The molecule has 1 aliphatic rings. The summed E-state index contributed by atoms with van der Waals surface area (Å²) in [5, 5.41) is 12.9. The zero-order valence-electron chi connectivity index (χ0n) is 16.8.